The van der Waals surface area contributed by atoms with Gasteiger partial charge < -0.3 is 4.74 Å². The molecule has 24 heavy (non-hydrogen) atoms. The highest BCUT2D eigenvalue weighted by Gasteiger charge is 2.05. The molecule has 0 atom stereocenters. The monoisotopic (exact) mass is 402 g/mol. The lowest BCUT2D eigenvalue weighted by Crippen LogP contribution is -1.93. The molecule has 0 saturated heterocycles. The summed E-state index contributed by atoms with van der Waals surface area (Å²) >= 11 is 5.07. The van der Waals surface area contributed by atoms with Crippen LogP contribution in [-0.4, -0.2) is 28.2 Å². The lowest BCUT2D eigenvalue weighted by molar-refractivity contribution is 0.412. The van der Waals surface area contributed by atoms with E-state index in [4.69, 9.17) is 4.74 Å². The third-order valence-electron chi connectivity index (χ3n) is 3.22. The summed E-state index contributed by atoms with van der Waals surface area (Å²) in [5.74, 6) is 1.61. The minimum absolute atomic E-state index is 0.752. The minimum atomic E-state index is 0.752. The molecule has 1 heterocycles. The zero-order chi connectivity index (χ0) is 16.8. The number of hydrogen-bond donors (Lipinski definition) is 0. The van der Waals surface area contributed by atoms with Gasteiger partial charge in [-0.25, -0.2) is 0 Å². The van der Waals surface area contributed by atoms with Crippen LogP contribution >= 0.6 is 27.7 Å². The highest BCUT2D eigenvalue weighted by molar-refractivity contribution is 9.10. The lowest BCUT2D eigenvalue weighted by atomic mass is 10.2. The summed E-state index contributed by atoms with van der Waals surface area (Å²) in [6.45, 7) is 0. The number of nitrogens with zero attached hydrogens (tertiary/aromatic N) is 4. The smallest absolute Gasteiger partial charge is 0.212 e. The van der Waals surface area contributed by atoms with Crippen LogP contribution in [0.1, 0.15) is 11.1 Å². The van der Waals surface area contributed by atoms with E-state index in [1.807, 2.05) is 36.4 Å². The predicted octanol–water partition coefficient (Wildman–Crippen LogP) is 4.22. The average Bonchev–Trinajstić information content (AvgIpc) is 3.06. The second-order valence-corrected chi connectivity index (χ2v) is 6.67. The largest absolute Gasteiger partial charge is 0.496 e. The second-order valence-electron chi connectivity index (χ2n) is 4.87. The fourth-order valence-electron chi connectivity index (χ4n) is 2.01. The number of rotatable bonds is 6. The minimum Gasteiger partial charge on any atom is -0.496 e. The van der Waals surface area contributed by atoms with E-state index in [2.05, 4.69) is 43.4 Å². The van der Waals surface area contributed by atoms with Crippen molar-refractivity contribution in [3.8, 4) is 5.75 Å². The van der Waals surface area contributed by atoms with Gasteiger partial charge >= 0.3 is 0 Å². The molecule has 0 saturated carbocycles. The third kappa shape index (κ3) is 4.24. The first-order valence-corrected chi connectivity index (χ1v) is 8.99. The molecule has 0 unspecified atom stereocenters. The van der Waals surface area contributed by atoms with Crippen molar-refractivity contribution < 1.29 is 4.74 Å². The van der Waals surface area contributed by atoms with E-state index < -0.39 is 0 Å². The molecule has 0 aliphatic heterocycles. The first kappa shape index (κ1) is 16.7. The maximum absolute atomic E-state index is 5.22. The summed E-state index contributed by atoms with van der Waals surface area (Å²) in [5.41, 5.74) is 2.19. The Bertz CT molecular complexity index is 836. The summed E-state index contributed by atoms with van der Waals surface area (Å²) < 4.78 is 7.78. The summed E-state index contributed by atoms with van der Waals surface area (Å²) in [5, 5.41) is 13.2. The maximum atomic E-state index is 5.22. The van der Waals surface area contributed by atoms with E-state index in [0.717, 1.165) is 26.7 Å². The van der Waals surface area contributed by atoms with E-state index in [-0.39, 0.29) is 0 Å². The Labute approximate surface area is 152 Å². The Balaban J connectivity index is 1.70. The number of benzene rings is 2. The summed E-state index contributed by atoms with van der Waals surface area (Å²) in [7, 11) is 1.64. The fraction of sp³-hybridized carbons (Fsp3) is 0.118. The Morgan fingerprint density at radius 3 is 2.83 bits per heavy atom. The van der Waals surface area contributed by atoms with Crippen LogP contribution in [0.3, 0.4) is 0 Å². The average molecular weight is 403 g/mol. The van der Waals surface area contributed by atoms with Gasteiger partial charge in [0.25, 0.3) is 0 Å². The molecule has 0 spiro atoms. The van der Waals surface area contributed by atoms with Gasteiger partial charge in [0.15, 0.2) is 0 Å². The summed E-state index contributed by atoms with van der Waals surface area (Å²) in [6, 6.07) is 16.0. The molecule has 1 aromatic heterocycles. The first-order valence-electron chi connectivity index (χ1n) is 7.21. The van der Waals surface area contributed by atoms with Crippen LogP contribution in [0.5, 0.6) is 5.75 Å². The van der Waals surface area contributed by atoms with E-state index in [9.17, 15) is 0 Å². The molecular weight excluding hydrogens is 388 g/mol. The van der Waals surface area contributed by atoms with Crippen LogP contribution in [-0.2, 0) is 5.75 Å². The van der Waals surface area contributed by atoms with Gasteiger partial charge in [-0.05, 0) is 45.3 Å². The molecular formula is C17H15BrN4OS. The quantitative estimate of drug-likeness (QED) is 0.457. The number of hydrogen-bond acceptors (Lipinski definition) is 5. The zero-order valence-electron chi connectivity index (χ0n) is 13.0. The molecule has 5 nitrogen and oxygen atoms in total. The Kier molecular flexibility index (Phi) is 5.66. The van der Waals surface area contributed by atoms with Gasteiger partial charge in [-0.2, -0.15) is 9.78 Å². The van der Waals surface area contributed by atoms with E-state index in [1.54, 1.807) is 36.1 Å². The predicted molar refractivity (Wildman–Crippen MR) is 99.7 cm³/mol. The molecule has 0 bridgehead atoms. The molecule has 0 amide bonds. The van der Waals surface area contributed by atoms with Crippen molar-refractivity contribution in [3.05, 3.63) is 70.5 Å². The van der Waals surface area contributed by atoms with Crippen LogP contribution in [0.25, 0.3) is 0 Å². The molecule has 122 valence electrons. The van der Waals surface area contributed by atoms with Gasteiger partial charge in [-0.15, -0.1) is 10.2 Å². The van der Waals surface area contributed by atoms with Crippen molar-refractivity contribution >= 4 is 33.9 Å². The van der Waals surface area contributed by atoms with Crippen molar-refractivity contribution in [1.82, 2.24) is 14.9 Å². The highest BCUT2D eigenvalue weighted by atomic mass is 79.9. The molecule has 7 heteroatoms. The summed E-state index contributed by atoms with van der Waals surface area (Å²) in [4.78, 5) is 0. The van der Waals surface area contributed by atoms with E-state index >= 15 is 0 Å². The van der Waals surface area contributed by atoms with Crippen LogP contribution < -0.4 is 4.74 Å². The topological polar surface area (TPSA) is 52.3 Å². The second kappa shape index (κ2) is 8.12. The van der Waals surface area contributed by atoms with Crippen molar-refractivity contribution in [3.63, 3.8) is 0 Å². The number of thioether (sulfide) groups is 1. The molecule has 0 aliphatic carbocycles. The van der Waals surface area contributed by atoms with Crippen LogP contribution in [0.2, 0.25) is 0 Å². The number of ether oxygens (including phenoxy) is 1. The molecule has 0 aliphatic rings. The third-order valence-corrected chi connectivity index (χ3v) is 4.84. The van der Waals surface area contributed by atoms with Crippen LogP contribution in [0, 0.1) is 0 Å². The Hall–Kier alpha value is -2.12. The van der Waals surface area contributed by atoms with Crippen molar-refractivity contribution in [2.45, 2.75) is 10.9 Å². The molecule has 3 aromatic rings. The van der Waals surface area contributed by atoms with Gasteiger partial charge in [0.05, 0.1) is 17.8 Å². The summed E-state index contributed by atoms with van der Waals surface area (Å²) in [6.07, 6.45) is 3.36. The standard InChI is InChI=1S/C17H15BrN4OS/c1-23-16-8-7-14(9-15(16)18)10-20-22-12-19-21-17(22)24-11-13-5-3-2-4-6-13/h2-10,12H,11H2,1H3/b20-10-. The van der Waals surface area contributed by atoms with Gasteiger partial charge in [-0.3, -0.25) is 0 Å². The zero-order valence-corrected chi connectivity index (χ0v) is 15.4. The van der Waals surface area contributed by atoms with Crippen molar-refractivity contribution in [2.75, 3.05) is 7.11 Å². The SMILES string of the molecule is COc1ccc(/C=N\n2cnnc2SCc2ccccc2)cc1Br. The molecule has 0 fully saturated rings. The van der Waals surface area contributed by atoms with Crippen LogP contribution in [0.4, 0.5) is 0 Å². The van der Waals surface area contributed by atoms with E-state index in [0.29, 0.717) is 0 Å². The molecule has 0 radical (unpaired) electrons. The van der Waals surface area contributed by atoms with Crippen molar-refractivity contribution in [2.24, 2.45) is 5.10 Å². The first-order chi connectivity index (χ1) is 11.8. The van der Waals surface area contributed by atoms with Gasteiger partial charge in [0.1, 0.15) is 12.1 Å². The van der Waals surface area contributed by atoms with Gasteiger partial charge in [0.2, 0.25) is 5.16 Å². The Morgan fingerprint density at radius 1 is 1.25 bits per heavy atom. The maximum Gasteiger partial charge on any atom is 0.212 e. The fourth-order valence-corrected chi connectivity index (χ4v) is 3.39. The van der Waals surface area contributed by atoms with Crippen LogP contribution in [0.15, 0.2) is 69.6 Å². The number of methoxy groups -OCH3 is 1. The molecule has 0 N–H and O–H groups in total. The lowest BCUT2D eigenvalue weighted by Gasteiger charge is -2.03. The van der Waals surface area contributed by atoms with E-state index in [1.165, 1.54) is 5.56 Å². The molecule has 2 aromatic carbocycles. The Morgan fingerprint density at radius 2 is 2.08 bits per heavy atom. The molecule has 3 rings (SSSR count). The normalized spacial score (nSPS) is 11.1. The number of aromatic nitrogens is 3. The van der Waals surface area contributed by atoms with Crippen molar-refractivity contribution in [1.29, 1.82) is 0 Å². The highest BCUT2D eigenvalue weighted by Crippen LogP contribution is 2.25. The van der Waals surface area contributed by atoms with Gasteiger partial charge in [0, 0.05) is 5.75 Å². The number of halogens is 1. The van der Waals surface area contributed by atoms with Gasteiger partial charge in [-0.1, -0.05) is 42.1 Å².